The van der Waals surface area contributed by atoms with Gasteiger partial charge in [-0.1, -0.05) is 53.0 Å². The zero-order valence-corrected chi connectivity index (χ0v) is 17.6. The Hall–Kier alpha value is -2.82. The SMILES string of the molecule is Cc1ccc(N=Cc2cc(Cl)c(OCC(=O)Nc3cccc(C)c3)c(Cl)c2)cc1. The van der Waals surface area contributed by atoms with Gasteiger partial charge in [-0.25, -0.2) is 0 Å². The molecule has 0 aromatic heterocycles. The number of anilines is 1. The molecule has 3 aromatic carbocycles. The van der Waals surface area contributed by atoms with Crippen molar-refractivity contribution in [2.24, 2.45) is 4.99 Å². The van der Waals surface area contributed by atoms with Gasteiger partial charge in [0.05, 0.1) is 15.7 Å². The summed E-state index contributed by atoms with van der Waals surface area (Å²) in [5, 5.41) is 3.40. The zero-order chi connectivity index (χ0) is 20.8. The highest BCUT2D eigenvalue weighted by atomic mass is 35.5. The third kappa shape index (κ3) is 6.08. The number of carbonyl (C=O) groups excluding carboxylic acids is 1. The average Bonchev–Trinajstić information content (AvgIpc) is 2.67. The second-order valence-electron chi connectivity index (χ2n) is 6.61. The fourth-order valence-electron chi connectivity index (χ4n) is 2.63. The fourth-order valence-corrected chi connectivity index (χ4v) is 3.24. The first-order valence-corrected chi connectivity index (χ1v) is 9.75. The Kier molecular flexibility index (Phi) is 6.91. The van der Waals surface area contributed by atoms with Crippen LogP contribution in [0.15, 0.2) is 65.7 Å². The molecule has 29 heavy (non-hydrogen) atoms. The molecule has 0 heterocycles. The van der Waals surface area contributed by atoms with Crippen LogP contribution in [-0.2, 0) is 4.79 Å². The lowest BCUT2D eigenvalue weighted by Gasteiger charge is -2.11. The summed E-state index contributed by atoms with van der Waals surface area (Å²) in [5.41, 5.74) is 4.49. The molecule has 1 amide bonds. The van der Waals surface area contributed by atoms with Crippen LogP contribution in [0.4, 0.5) is 11.4 Å². The number of aliphatic imine (C=N–C) groups is 1. The maximum Gasteiger partial charge on any atom is 0.262 e. The quantitative estimate of drug-likeness (QED) is 0.464. The highest BCUT2D eigenvalue weighted by Gasteiger charge is 2.12. The minimum atomic E-state index is -0.298. The monoisotopic (exact) mass is 426 g/mol. The summed E-state index contributed by atoms with van der Waals surface area (Å²) in [5.74, 6) is -0.0343. The Balaban J connectivity index is 1.64. The number of hydrogen-bond acceptors (Lipinski definition) is 3. The Morgan fingerprint density at radius 3 is 2.34 bits per heavy atom. The molecule has 0 bridgehead atoms. The van der Waals surface area contributed by atoms with E-state index >= 15 is 0 Å². The zero-order valence-electron chi connectivity index (χ0n) is 16.1. The van der Waals surface area contributed by atoms with Gasteiger partial charge in [0.1, 0.15) is 0 Å². The molecule has 3 rings (SSSR count). The van der Waals surface area contributed by atoms with E-state index in [1.165, 1.54) is 5.56 Å². The molecule has 0 unspecified atom stereocenters. The van der Waals surface area contributed by atoms with Crippen LogP contribution < -0.4 is 10.1 Å². The molecule has 0 fully saturated rings. The van der Waals surface area contributed by atoms with Crippen molar-refractivity contribution < 1.29 is 9.53 Å². The molecule has 148 valence electrons. The van der Waals surface area contributed by atoms with Crippen molar-refractivity contribution in [2.75, 3.05) is 11.9 Å². The average molecular weight is 427 g/mol. The minimum absolute atomic E-state index is 0.204. The second kappa shape index (κ2) is 9.59. The molecule has 0 aliphatic rings. The molecular formula is C23H20Cl2N2O2. The van der Waals surface area contributed by atoms with E-state index in [2.05, 4.69) is 10.3 Å². The van der Waals surface area contributed by atoms with E-state index in [0.29, 0.717) is 15.7 Å². The highest BCUT2D eigenvalue weighted by molar-refractivity contribution is 6.37. The number of amides is 1. The molecule has 4 nitrogen and oxygen atoms in total. The third-order valence-corrected chi connectivity index (χ3v) is 4.63. The summed E-state index contributed by atoms with van der Waals surface area (Å²) < 4.78 is 5.54. The van der Waals surface area contributed by atoms with Crippen molar-refractivity contribution >= 4 is 46.7 Å². The van der Waals surface area contributed by atoms with Gasteiger partial charge < -0.3 is 10.1 Å². The summed E-state index contributed by atoms with van der Waals surface area (Å²) in [7, 11) is 0. The summed E-state index contributed by atoms with van der Waals surface area (Å²) in [6, 6.07) is 18.7. The first kappa shape index (κ1) is 20.9. The highest BCUT2D eigenvalue weighted by Crippen LogP contribution is 2.34. The molecule has 1 N–H and O–H groups in total. The topological polar surface area (TPSA) is 50.7 Å². The molecule has 0 aliphatic heterocycles. The molecule has 0 aliphatic carbocycles. The van der Waals surface area contributed by atoms with Gasteiger partial charge in [0.2, 0.25) is 0 Å². The minimum Gasteiger partial charge on any atom is -0.481 e. The van der Waals surface area contributed by atoms with Gasteiger partial charge in [-0.05, 0) is 61.4 Å². The predicted octanol–water partition coefficient (Wildman–Crippen LogP) is 6.38. The smallest absolute Gasteiger partial charge is 0.262 e. The van der Waals surface area contributed by atoms with Gasteiger partial charge in [-0.15, -0.1) is 0 Å². The summed E-state index contributed by atoms with van der Waals surface area (Å²) in [4.78, 5) is 16.5. The number of nitrogens with one attached hydrogen (secondary N) is 1. The van der Waals surface area contributed by atoms with Crippen molar-refractivity contribution in [1.29, 1.82) is 0 Å². The van der Waals surface area contributed by atoms with Crippen molar-refractivity contribution in [3.8, 4) is 5.75 Å². The summed E-state index contributed by atoms with van der Waals surface area (Å²) in [6.45, 7) is 3.77. The lowest BCUT2D eigenvalue weighted by molar-refractivity contribution is -0.118. The van der Waals surface area contributed by atoms with Crippen molar-refractivity contribution in [2.45, 2.75) is 13.8 Å². The largest absolute Gasteiger partial charge is 0.481 e. The van der Waals surface area contributed by atoms with Crippen LogP contribution in [0.5, 0.6) is 5.75 Å². The van der Waals surface area contributed by atoms with E-state index in [1.54, 1.807) is 18.3 Å². The number of aryl methyl sites for hydroxylation is 2. The molecule has 6 heteroatoms. The van der Waals surface area contributed by atoms with Crippen molar-refractivity contribution in [3.63, 3.8) is 0 Å². The Morgan fingerprint density at radius 1 is 1.00 bits per heavy atom. The number of carbonyl (C=O) groups is 1. The van der Waals surface area contributed by atoms with Gasteiger partial charge >= 0.3 is 0 Å². The van der Waals surface area contributed by atoms with E-state index in [-0.39, 0.29) is 18.3 Å². The Labute approximate surface area is 180 Å². The number of rotatable bonds is 6. The molecule has 0 radical (unpaired) electrons. The summed E-state index contributed by atoms with van der Waals surface area (Å²) in [6.07, 6.45) is 1.68. The van der Waals surface area contributed by atoms with Gasteiger partial charge in [-0.2, -0.15) is 0 Å². The van der Waals surface area contributed by atoms with Crippen LogP contribution in [0.1, 0.15) is 16.7 Å². The van der Waals surface area contributed by atoms with Crippen LogP contribution in [0.2, 0.25) is 10.0 Å². The first-order chi connectivity index (χ1) is 13.9. The van der Waals surface area contributed by atoms with Crippen LogP contribution in [0, 0.1) is 13.8 Å². The molecular weight excluding hydrogens is 407 g/mol. The summed E-state index contributed by atoms with van der Waals surface area (Å²) >= 11 is 12.6. The van der Waals surface area contributed by atoms with Gasteiger partial charge in [0.15, 0.2) is 12.4 Å². The second-order valence-corrected chi connectivity index (χ2v) is 7.43. The predicted molar refractivity (Wildman–Crippen MR) is 120 cm³/mol. The normalized spacial score (nSPS) is 10.9. The lowest BCUT2D eigenvalue weighted by Crippen LogP contribution is -2.20. The maximum absolute atomic E-state index is 12.1. The first-order valence-electron chi connectivity index (χ1n) is 9.00. The fraction of sp³-hybridized carbons (Fsp3) is 0.130. The van der Waals surface area contributed by atoms with Crippen LogP contribution in [0.3, 0.4) is 0 Å². The molecule has 0 spiro atoms. The number of benzene rings is 3. The lowest BCUT2D eigenvalue weighted by atomic mass is 10.2. The van der Waals surface area contributed by atoms with Crippen LogP contribution in [-0.4, -0.2) is 18.7 Å². The Bertz CT molecular complexity index is 1020. The molecule has 0 saturated heterocycles. The number of ether oxygens (including phenoxy) is 1. The van der Waals surface area contributed by atoms with E-state index < -0.39 is 0 Å². The van der Waals surface area contributed by atoms with Gasteiger partial charge in [0.25, 0.3) is 5.91 Å². The van der Waals surface area contributed by atoms with Gasteiger partial charge in [0, 0.05) is 11.9 Å². The van der Waals surface area contributed by atoms with E-state index in [1.807, 2.05) is 62.4 Å². The van der Waals surface area contributed by atoms with Crippen LogP contribution in [0.25, 0.3) is 0 Å². The number of nitrogens with zero attached hydrogens (tertiary/aromatic N) is 1. The van der Waals surface area contributed by atoms with Crippen molar-refractivity contribution in [1.82, 2.24) is 0 Å². The van der Waals surface area contributed by atoms with E-state index in [4.69, 9.17) is 27.9 Å². The molecule has 0 atom stereocenters. The number of halogens is 2. The maximum atomic E-state index is 12.1. The van der Waals surface area contributed by atoms with Gasteiger partial charge in [-0.3, -0.25) is 9.79 Å². The van der Waals surface area contributed by atoms with E-state index in [9.17, 15) is 4.79 Å². The van der Waals surface area contributed by atoms with Crippen LogP contribution >= 0.6 is 23.2 Å². The Morgan fingerprint density at radius 2 is 1.69 bits per heavy atom. The standard InChI is InChI=1S/C23H20Cl2N2O2/c1-15-6-8-18(9-7-15)26-13-17-11-20(24)23(21(25)12-17)29-14-22(28)27-19-5-3-4-16(2)10-19/h3-13H,14H2,1-2H3,(H,27,28). The molecule has 0 saturated carbocycles. The number of hydrogen-bond donors (Lipinski definition) is 1. The van der Waals surface area contributed by atoms with E-state index in [0.717, 1.165) is 16.8 Å². The van der Waals surface area contributed by atoms with Crippen molar-refractivity contribution in [3.05, 3.63) is 87.4 Å². The molecule has 3 aromatic rings. The third-order valence-electron chi connectivity index (χ3n) is 4.07.